The fraction of sp³-hybridized carbons (Fsp3) is 0.423. The second-order valence-corrected chi connectivity index (χ2v) is 11.8. The van der Waals surface area contributed by atoms with Gasteiger partial charge in [-0.2, -0.15) is 9.40 Å². The van der Waals surface area contributed by atoms with Gasteiger partial charge in [0.15, 0.2) is 0 Å². The van der Waals surface area contributed by atoms with E-state index in [-0.39, 0.29) is 35.2 Å². The molecule has 2 aromatic heterocycles. The summed E-state index contributed by atoms with van der Waals surface area (Å²) in [4.78, 5) is 26.3. The number of anilines is 1. The van der Waals surface area contributed by atoms with Gasteiger partial charge in [0.05, 0.1) is 22.2 Å². The number of pyridine rings is 1. The van der Waals surface area contributed by atoms with Gasteiger partial charge in [-0.25, -0.2) is 12.9 Å². The fourth-order valence-corrected chi connectivity index (χ4v) is 6.71. The smallest absolute Gasteiger partial charge is 0.257 e. The number of piperidine rings is 1. The maximum absolute atomic E-state index is 13.2. The van der Waals surface area contributed by atoms with Crippen LogP contribution in [0.25, 0.3) is 5.52 Å². The number of aliphatic hydroxyl groups is 1. The van der Waals surface area contributed by atoms with E-state index in [1.54, 1.807) is 27.7 Å². The Hall–Kier alpha value is -3.28. The number of nitrogens with zero attached hydrogens (tertiary/aromatic N) is 4. The number of carbonyl (C=O) groups excluding carboxylic acids is 2. The minimum absolute atomic E-state index is 0.0754. The highest BCUT2D eigenvalue weighted by Crippen LogP contribution is 2.32. The molecule has 4 heterocycles. The summed E-state index contributed by atoms with van der Waals surface area (Å²) in [6, 6.07) is 10.2. The predicted octanol–water partition coefficient (Wildman–Crippen LogP) is 2.32. The summed E-state index contributed by atoms with van der Waals surface area (Å²) in [6.07, 6.45) is 5.58. The van der Waals surface area contributed by atoms with Gasteiger partial charge in [0.2, 0.25) is 15.9 Å². The van der Waals surface area contributed by atoms with E-state index < -0.39 is 10.0 Å². The highest BCUT2D eigenvalue weighted by atomic mass is 32.2. The van der Waals surface area contributed by atoms with Crippen LogP contribution in [0.15, 0.2) is 53.7 Å². The molecule has 2 fully saturated rings. The molecule has 10 nitrogen and oxygen atoms in total. The summed E-state index contributed by atoms with van der Waals surface area (Å²) in [5.74, 6) is 0.00292. The normalized spacial score (nSPS) is 19.4. The summed E-state index contributed by atoms with van der Waals surface area (Å²) in [5, 5.41) is 16.4. The average Bonchev–Trinajstić information content (AvgIpc) is 3.55. The number of hydrogen-bond donors (Lipinski definition) is 2. The van der Waals surface area contributed by atoms with Crippen LogP contribution in [0, 0.1) is 5.92 Å². The Morgan fingerprint density at radius 2 is 1.81 bits per heavy atom. The highest BCUT2D eigenvalue weighted by Gasteiger charge is 2.31. The van der Waals surface area contributed by atoms with Gasteiger partial charge in [0.1, 0.15) is 0 Å². The summed E-state index contributed by atoms with van der Waals surface area (Å²) in [5.41, 5.74) is 2.90. The predicted molar refractivity (Wildman–Crippen MR) is 138 cm³/mol. The first kappa shape index (κ1) is 25.4. The van der Waals surface area contributed by atoms with E-state index in [1.165, 1.54) is 23.4 Å². The topological polar surface area (TPSA) is 124 Å². The van der Waals surface area contributed by atoms with Crippen molar-refractivity contribution in [3.63, 3.8) is 0 Å². The number of aliphatic hydroxyl groups excluding tert-OH is 1. The van der Waals surface area contributed by atoms with Gasteiger partial charge >= 0.3 is 0 Å². The molecule has 196 valence electrons. The van der Waals surface area contributed by atoms with Gasteiger partial charge < -0.3 is 15.3 Å². The lowest BCUT2D eigenvalue weighted by Crippen LogP contribution is -2.37. The van der Waals surface area contributed by atoms with Gasteiger partial charge in [-0.15, -0.1) is 0 Å². The number of benzene rings is 1. The van der Waals surface area contributed by atoms with Crippen LogP contribution in [-0.2, 0) is 14.8 Å². The molecule has 0 bridgehead atoms. The van der Waals surface area contributed by atoms with Crippen molar-refractivity contribution in [3.05, 3.63) is 59.9 Å². The number of sulfonamides is 1. The molecule has 37 heavy (non-hydrogen) atoms. The Morgan fingerprint density at radius 1 is 1.08 bits per heavy atom. The largest absolute Gasteiger partial charge is 0.396 e. The molecule has 1 unspecified atom stereocenters. The average molecular weight is 526 g/mol. The maximum atomic E-state index is 13.2. The molecule has 0 spiro atoms. The molecular weight excluding hydrogens is 494 g/mol. The van der Waals surface area contributed by atoms with E-state index in [2.05, 4.69) is 10.4 Å². The lowest BCUT2D eigenvalue weighted by molar-refractivity contribution is -0.114. The number of amides is 2. The minimum atomic E-state index is -3.63. The number of hydrogen-bond acceptors (Lipinski definition) is 6. The van der Waals surface area contributed by atoms with Crippen molar-refractivity contribution in [2.24, 2.45) is 5.92 Å². The van der Waals surface area contributed by atoms with E-state index in [9.17, 15) is 23.1 Å². The molecule has 2 amide bonds. The third-order valence-electron chi connectivity index (χ3n) is 7.35. The van der Waals surface area contributed by atoms with Crippen LogP contribution in [0.2, 0.25) is 0 Å². The van der Waals surface area contributed by atoms with Gasteiger partial charge in [-0.1, -0.05) is 0 Å². The first-order valence-corrected chi connectivity index (χ1v) is 14.0. The monoisotopic (exact) mass is 525 g/mol. The fourth-order valence-electron chi connectivity index (χ4n) is 5.24. The Bertz CT molecular complexity index is 1410. The molecule has 0 radical (unpaired) electrons. The van der Waals surface area contributed by atoms with Crippen molar-refractivity contribution >= 4 is 33.0 Å². The molecule has 5 rings (SSSR count). The van der Waals surface area contributed by atoms with Gasteiger partial charge in [-0.05, 0) is 67.1 Å². The lowest BCUT2D eigenvalue weighted by Gasteiger charge is -2.31. The molecule has 0 saturated carbocycles. The Labute approximate surface area is 215 Å². The van der Waals surface area contributed by atoms with Gasteiger partial charge in [0, 0.05) is 57.5 Å². The molecular formula is C26H31N5O5S. The van der Waals surface area contributed by atoms with E-state index in [0.717, 1.165) is 17.5 Å². The van der Waals surface area contributed by atoms with Crippen LogP contribution in [-0.4, -0.2) is 76.9 Å². The van der Waals surface area contributed by atoms with Crippen LogP contribution in [0.4, 0.5) is 5.69 Å². The van der Waals surface area contributed by atoms with Crippen molar-refractivity contribution in [2.75, 3.05) is 38.1 Å². The van der Waals surface area contributed by atoms with Crippen molar-refractivity contribution in [1.29, 1.82) is 0 Å². The van der Waals surface area contributed by atoms with Crippen molar-refractivity contribution in [1.82, 2.24) is 18.8 Å². The Morgan fingerprint density at radius 3 is 2.46 bits per heavy atom. The molecule has 2 N–H and O–H groups in total. The second kappa shape index (κ2) is 10.2. The number of aromatic nitrogens is 2. The molecule has 11 heteroatoms. The number of nitrogens with one attached hydrogen (secondary N) is 1. The second-order valence-electron chi connectivity index (χ2n) is 9.82. The SMILES string of the molecule is CC(=O)Nc1ccc(S(=O)(=O)N2CCC(c3ccn4ncc(C(=O)N5CCC(CO)C5)c4c3)CC2)cc1. The molecule has 0 aliphatic carbocycles. The third-order valence-corrected chi connectivity index (χ3v) is 9.26. The standard InChI is InChI=1S/C26H31N5O5S/c1-18(33)28-22-2-4-23(5-3-22)37(35,36)30-11-7-20(8-12-30)21-9-13-31-25(14-21)24(15-27-31)26(34)29-10-6-19(16-29)17-32/h2-5,9,13-15,19-20,32H,6-8,10-12,16-17H2,1H3,(H,28,33). The van der Waals surface area contributed by atoms with Gasteiger partial charge in [0.25, 0.3) is 5.91 Å². The Balaban J connectivity index is 1.28. The number of likely N-dealkylation sites (tertiary alicyclic amines) is 1. The number of carbonyl (C=O) groups is 2. The van der Waals surface area contributed by atoms with E-state index in [0.29, 0.717) is 50.3 Å². The summed E-state index contributed by atoms with van der Waals surface area (Å²) in [7, 11) is -3.63. The van der Waals surface area contributed by atoms with E-state index >= 15 is 0 Å². The number of fused-ring (bicyclic) bond motifs is 1. The van der Waals surface area contributed by atoms with Crippen molar-refractivity contribution in [2.45, 2.75) is 37.0 Å². The zero-order chi connectivity index (χ0) is 26.2. The van der Waals surface area contributed by atoms with Crippen LogP contribution in [0.1, 0.15) is 48.0 Å². The van der Waals surface area contributed by atoms with Gasteiger partial charge in [-0.3, -0.25) is 9.59 Å². The first-order valence-electron chi connectivity index (χ1n) is 12.5. The quantitative estimate of drug-likeness (QED) is 0.509. The summed E-state index contributed by atoms with van der Waals surface area (Å²) < 4.78 is 29.5. The van der Waals surface area contributed by atoms with Crippen molar-refractivity contribution < 1.29 is 23.1 Å². The van der Waals surface area contributed by atoms with Crippen LogP contribution in [0.5, 0.6) is 0 Å². The minimum Gasteiger partial charge on any atom is -0.396 e. The van der Waals surface area contributed by atoms with Crippen LogP contribution < -0.4 is 5.32 Å². The lowest BCUT2D eigenvalue weighted by atomic mass is 9.90. The highest BCUT2D eigenvalue weighted by molar-refractivity contribution is 7.89. The maximum Gasteiger partial charge on any atom is 0.257 e. The summed E-state index contributed by atoms with van der Waals surface area (Å²) >= 11 is 0. The molecule has 2 saturated heterocycles. The molecule has 1 atom stereocenters. The van der Waals surface area contributed by atoms with E-state index in [1.807, 2.05) is 18.3 Å². The Kier molecular flexibility index (Phi) is 7.02. The first-order chi connectivity index (χ1) is 17.8. The molecule has 2 aliphatic heterocycles. The zero-order valence-corrected chi connectivity index (χ0v) is 21.5. The zero-order valence-electron chi connectivity index (χ0n) is 20.7. The van der Waals surface area contributed by atoms with E-state index in [4.69, 9.17) is 0 Å². The molecule has 2 aliphatic rings. The van der Waals surface area contributed by atoms with Crippen molar-refractivity contribution in [3.8, 4) is 0 Å². The molecule has 3 aromatic rings. The molecule has 1 aromatic carbocycles. The summed E-state index contributed by atoms with van der Waals surface area (Å²) in [6.45, 7) is 3.46. The van der Waals surface area contributed by atoms with Crippen LogP contribution in [0.3, 0.4) is 0 Å². The van der Waals surface area contributed by atoms with Crippen LogP contribution >= 0.6 is 0 Å². The third kappa shape index (κ3) is 5.11. The number of rotatable bonds is 6.